The maximum Gasteiger partial charge on any atom is 0.0637 e. The molecule has 2 rings (SSSR count). The molecular weight excluding hydrogens is 238 g/mol. The average Bonchev–Trinajstić information content (AvgIpc) is 2.64. The molecule has 1 nitrogen and oxygen atoms in total. The van der Waals surface area contributed by atoms with Crippen molar-refractivity contribution in [2.24, 2.45) is 22.2 Å². The van der Waals surface area contributed by atoms with Crippen molar-refractivity contribution < 1.29 is 0 Å². The lowest BCUT2D eigenvalue weighted by molar-refractivity contribution is 0.184. The van der Waals surface area contributed by atoms with Crippen molar-refractivity contribution in [3.05, 3.63) is 23.4 Å². The molecule has 0 aliphatic heterocycles. The van der Waals surface area contributed by atoms with Crippen LogP contribution in [0.2, 0.25) is 0 Å². The van der Waals surface area contributed by atoms with Crippen LogP contribution < -0.4 is 0 Å². The van der Waals surface area contributed by atoms with E-state index >= 15 is 0 Å². The van der Waals surface area contributed by atoms with E-state index in [2.05, 4.69) is 37.5 Å². The second-order valence-electron chi connectivity index (χ2n) is 6.38. The highest BCUT2D eigenvalue weighted by atomic mass is 32.1. The van der Waals surface area contributed by atoms with Crippen molar-refractivity contribution in [1.29, 1.82) is 0 Å². The van der Waals surface area contributed by atoms with Gasteiger partial charge in [-0.3, -0.25) is 0 Å². The molecule has 0 heterocycles. The smallest absolute Gasteiger partial charge is 0.0637 e. The quantitative estimate of drug-likeness (QED) is 0.380. The van der Waals surface area contributed by atoms with Crippen LogP contribution in [0.15, 0.2) is 28.4 Å². The van der Waals surface area contributed by atoms with Gasteiger partial charge in [0.15, 0.2) is 0 Å². The maximum atomic E-state index is 4.81. The molecule has 2 aliphatic carbocycles. The van der Waals surface area contributed by atoms with Crippen molar-refractivity contribution in [2.45, 2.75) is 52.9 Å². The fourth-order valence-corrected chi connectivity index (χ4v) is 4.23. The highest BCUT2D eigenvalue weighted by molar-refractivity contribution is 7.78. The van der Waals surface area contributed by atoms with Gasteiger partial charge in [-0.1, -0.05) is 24.6 Å². The molecule has 0 radical (unpaired) electrons. The Morgan fingerprint density at radius 2 is 2.17 bits per heavy atom. The zero-order valence-corrected chi connectivity index (χ0v) is 12.6. The van der Waals surface area contributed by atoms with Gasteiger partial charge in [0, 0.05) is 5.92 Å². The predicted octanol–water partition coefficient (Wildman–Crippen LogP) is 5.16. The third kappa shape index (κ3) is 2.24. The van der Waals surface area contributed by atoms with E-state index in [1.807, 2.05) is 0 Å². The zero-order valence-electron chi connectivity index (χ0n) is 11.8. The molecular formula is C16H23NS. The largest absolute Gasteiger partial charge is 0.199 e. The Bertz CT molecular complexity index is 438. The fraction of sp³-hybridized carbons (Fsp3) is 0.688. The summed E-state index contributed by atoms with van der Waals surface area (Å²) in [7, 11) is 0. The highest BCUT2D eigenvalue weighted by Crippen LogP contribution is 2.58. The Labute approximate surface area is 116 Å². The van der Waals surface area contributed by atoms with Gasteiger partial charge in [-0.2, -0.15) is 4.99 Å². The minimum absolute atomic E-state index is 0.442. The molecule has 2 heteroatoms. The normalized spacial score (nSPS) is 34.7. The summed E-state index contributed by atoms with van der Waals surface area (Å²) in [5.41, 5.74) is 4.32. The highest BCUT2D eigenvalue weighted by Gasteiger charge is 2.49. The van der Waals surface area contributed by atoms with Crippen LogP contribution in [0.4, 0.5) is 0 Å². The molecule has 1 unspecified atom stereocenters. The van der Waals surface area contributed by atoms with Gasteiger partial charge in [0.25, 0.3) is 0 Å². The topological polar surface area (TPSA) is 12.4 Å². The number of isothiocyanates is 1. The second kappa shape index (κ2) is 5.11. The van der Waals surface area contributed by atoms with Crippen molar-refractivity contribution in [2.75, 3.05) is 0 Å². The van der Waals surface area contributed by atoms with Crippen molar-refractivity contribution in [1.82, 2.24) is 0 Å². The Kier molecular flexibility index (Phi) is 3.89. The summed E-state index contributed by atoms with van der Waals surface area (Å²) < 4.78 is 0. The standard InChI is InChI=1S/C16H23NS/c1-11(2)15(17-10-18)13-7-9-16(4)8-5-6-12(3)14(13)16/h13-14H,3,5-9H2,1-2,4H3/t13?,14-,16+/m0/s1. The number of thiocarbonyl (C=S) groups is 1. The molecule has 98 valence electrons. The number of hydrogen-bond acceptors (Lipinski definition) is 2. The molecule has 0 aromatic heterocycles. The molecule has 0 saturated heterocycles. The van der Waals surface area contributed by atoms with Gasteiger partial charge in [0.2, 0.25) is 0 Å². The van der Waals surface area contributed by atoms with Crippen LogP contribution in [0.5, 0.6) is 0 Å². The SMILES string of the molecule is C=C1CCC[C@]2(C)CCC(C(N=C=S)=C(C)C)[C@H]12. The summed E-state index contributed by atoms with van der Waals surface area (Å²) >= 11 is 4.81. The average molecular weight is 261 g/mol. The molecule has 2 saturated carbocycles. The lowest BCUT2D eigenvalue weighted by Crippen LogP contribution is -2.31. The monoisotopic (exact) mass is 261 g/mol. The van der Waals surface area contributed by atoms with E-state index in [4.69, 9.17) is 12.2 Å². The molecule has 0 spiro atoms. The van der Waals surface area contributed by atoms with Crippen LogP contribution in [0.25, 0.3) is 0 Å². The molecule has 0 bridgehead atoms. The van der Waals surface area contributed by atoms with Gasteiger partial charge >= 0.3 is 0 Å². The van der Waals surface area contributed by atoms with E-state index in [0.717, 1.165) is 0 Å². The lowest BCUT2D eigenvalue weighted by Gasteiger charge is -2.40. The third-order valence-electron chi connectivity index (χ3n) is 4.89. The summed E-state index contributed by atoms with van der Waals surface area (Å²) in [5.74, 6) is 1.12. The van der Waals surface area contributed by atoms with Gasteiger partial charge in [-0.25, -0.2) is 0 Å². The van der Waals surface area contributed by atoms with Gasteiger partial charge in [0.05, 0.1) is 10.9 Å². The van der Waals surface area contributed by atoms with Gasteiger partial charge in [-0.05, 0) is 69.5 Å². The molecule has 0 aromatic rings. The number of aliphatic imine (C=N–C) groups is 1. The first-order chi connectivity index (χ1) is 8.49. The van der Waals surface area contributed by atoms with E-state index < -0.39 is 0 Å². The zero-order chi connectivity index (χ0) is 13.3. The first-order valence-corrected chi connectivity index (χ1v) is 7.33. The Hall–Kier alpha value is -0.720. The molecule has 3 atom stereocenters. The van der Waals surface area contributed by atoms with Crippen molar-refractivity contribution in [3.8, 4) is 0 Å². The Morgan fingerprint density at radius 1 is 1.44 bits per heavy atom. The molecule has 18 heavy (non-hydrogen) atoms. The van der Waals surface area contributed by atoms with Gasteiger partial charge in [-0.15, -0.1) is 0 Å². The van der Waals surface area contributed by atoms with E-state index in [0.29, 0.717) is 17.3 Å². The van der Waals surface area contributed by atoms with Crippen LogP contribution in [-0.2, 0) is 0 Å². The summed E-state index contributed by atoms with van der Waals surface area (Å²) in [5, 5.41) is 2.57. The minimum Gasteiger partial charge on any atom is -0.199 e. The summed E-state index contributed by atoms with van der Waals surface area (Å²) in [6.45, 7) is 11.0. The second-order valence-corrected chi connectivity index (χ2v) is 6.56. The molecule has 0 amide bonds. The van der Waals surface area contributed by atoms with Gasteiger partial charge < -0.3 is 0 Å². The molecule has 2 fully saturated rings. The third-order valence-corrected chi connectivity index (χ3v) is 4.99. The molecule has 0 N–H and O–H groups in total. The summed E-state index contributed by atoms with van der Waals surface area (Å²) in [4.78, 5) is 4.37. The minimum atomic E-state index is 0.442. The predicted molar refractivity (Wildman–Crippen MR) is 80.7 cm³/mol. The number of rotatable bonds is 2. The number of fused-ring (bicyclic) bond motifs is 1. The van der Waals surface area contributed by atoms with Crippen LogP contribution in [-0.4, -0.2) is 5.16 Å². The Morgan fingerprint density at radius 3 is 2.78 bits per heavy atom. The summed E-state index contributed by atoms with van der Waals surface area (Å²) in [6, 6.07) is 0. The van der Waals surface area contributed by atoms with Crippen LogP contribution in [0, 0.1) is 17.3 Å². The van der Waals surface area contributed by atoms with E-state index in [1.54, 1.807) is 0 Å². The van der Waals surface area contributed by atoms with Crippen molar-refractivity contribution >= 4 is 17.4 Å². The number of hydrogen-bond donors (Lipinski definition) is 0. The van der Waals surface area contributed by atoms with E-state index in [-0.39, 0.29) is 0 Å². The summed E-state index contributed by atoms with van der Waals surface area (Å²) in [6.07, 6.45) is 6.35. The Balaban J connectivity index is 2.38. The molecule has 0 aromatic carbocycles. The van der Waals surface area contributed by atoms with Crippen molar-refractivity contribution in [3.63, 3.8) is 0 Å². The first kappa shape index (κ1) is 13.7. The van der Waals surface area contributed by atoms with E-state index in [1.165, 1.54) is 48.9 Å². The number of nitrogens with zero attached hydrogens (tertiary/aromatic N) is 1. The van der Waals surface area contributed by atoms with Crippen LogP contribution >= 0.6 is 12.2 Å². The first-order valence-electron chi connectivity index (χ1n) is 6.92. The van der Waals surface area contributed by atoms with E-state index in [9.17, 15) is 0 Å². The number of allylic oxidation sites excluding steroid dienone is 3. The van der Waals surface area contributed by atoms with Crippen LogP contribution in [0.3, 0.4) is 0 Å². The lowest BCUT2D eigenvalue weighted by atomic mass is 9.65. The fourth-order valence-electron chi connectivity index (χ4n) is 4.13. The van der Waals surface area contributed by atoms with Gasteiger partial charge in [0.1, 0.15) is 0 Å². The molecule has 2 aliphatic rings. The maximum absolute atomic E-state index is 4.81. The van der Waals surface area contributed by atoms with Crippen LogP contribution in [0.1, 0.15) is 52.9 Å².